The van der Waals surface area contributed by atoms with Gasteiger partial charge in [0.25, 0.3) is 0 Å². The van der Waals surface area contributed by atoms with Crippen LogP contribution in [0.4, 0.5) is 4.79 Å². The molecule has 0 aromatic carbocycles. The topological polar surface area (TPSA) is 67.4 Å². The summed E-state index contributed by atoms with van der Waals surface area (Å²) in [6, 6.07) is -0.229. The summed E-state index contributed by atoms with van der Waals surface area (Å²) < 4.78 is 5.14. The zero-order valence-electron chi connectivity index (χ0n) is 11.7. The van der Waals surface area contributed by atoms with Crippen molar-refractivity contribution in [3.8, 4) is 0 Å². The lowest BCUT2D eigenvalue weighted by Crippen LogP contribution is -2.51. The fourth-order valence-corrected chi connectivity index (χ4v) is 1.66. The first kappa shape index (κ1) is 14.8. The Hall–Kier alpha value is -1.26. The zero-order chi connectivity index (χ0) is 13.8. The molecule has 1 unspecified atom stereocenters. The van der Waals surface area contributed by atoms with Gasteiger partial charge in [0, 0.05) is 6.04 Å². The molecule has 1 saturated carbocycles. The standard InChI is InChI=1S/C13H24N2O3/c1-5-10(11(16)14-9-7-6-8-9)15-12(17)18-13(2,3)4/h9-10H,5-8H2,1-4H3,(H,14,16)(H,15,17). The molecule has 104 valence electrons. The lowest BCUT2D eigenvalue weighted by Gasteiger charge is -2.29. The predicted octanol–water partition coefficient (Wildman–Crippen LogP) is 1.96. The Labute approximate surface area is 109 Å². The average Bonchev–Trinajstić information content (AvgIpc) is 2.17. The molecule has 0 aromatic rings. The van der Waals surface area contributed by atoms with Crippen molar-refractivity contribution in [1.82, 2.24) is 10.6 Å². The molecule has 0 radical (unpaired) electrons. The van der Waals surface area contributed by atoms with Gasteiger partial charge in [0.2, 0.25) is 5.91 Å². The van der Waals surface area contributed by atoms with Gasteiger partial charge >= 0.3 is 6.09 Å². The minimum Gasteiger partial charge on any atom is -0.444 e. The van der Waals surface area contributed by atoms with Gasteiger partial charge in [-0.15, -0.1) is 0 Å². The fraction of sp³-hybridized carbons (Fsp3) is 0.846. The summed E-state index contributed by atoms with van der Waals surface area (Å²) in [6.07, 6.45) is 3.25. The monoisotopic (exact) mass is 256 g/mol. The lowest BCUT2D eigenvalue weighted by molar-refractivity contribution is -0.124. The van der Waals surface area contributed by atoms with Crippen LogP contribution >= 0.6 is 0 Å². The normalized spacial score (nSPS) is 17.6. The third kappa shape index (κ3) is 4.94. The van der Waals surface area contributed by atoms with E-state index in [2.05, 4.69) is 10.6 Å². The van der Waals surface area contributed by atoms with Crippen LogP contribution in [0.25, 0.3) is 0 Å². The first-order valence-corrected chi connectivity index (χ1v) is 6.61. The van der Waals surface area contributed by atoms with Gasteiger partial charge in [-0.3, -0.25) is 4.79 Å². The lowest BCUT2D eigenvalue weighted by atomic mass is 9.93. The van der Waals surface area contributed by atoms with Crippen LogP contribution in [0.3, 0.4) is 0 Å². The smallest absolute Gasteiger partial charge is 0.408 e. The van der Waals surface area contributed by atoms with E-state index in [1.54, 1.807) is 20.8 Å². The molecule has 2 N–H and O–H groups in total. The zero-order valence-corrected chi connectivity index (χ0v) is 11.7. The molecule has 0 heterocycles. The summed E-state index contributed by atoms with van der Waals surface area (Å²) in [5, 5.41) is 5.53. The number of rotatable bonds is 4. The van der Waals surface area contributed by atoms with Gasteiger partial charge < -0.3 is 15.4 Å². The highest BCUT2D eigenvalue weighted by atomic mass is 16.6. The predicted molar refractivity (Wildman–Crippen MR) is 69.2 cm³/mol. The summed E-state index contributed by atoms with van der Waals surface area (Å²) in [5.74, 6) is -0.118. The molecule has 18 heavy (non-hydrogen) atoms. The summed E-state index contributed by atoms with van der Waals surface area (Å²) in [5.41, 5.74) is -0.549. The highest BCUT2D eigenvalue weighted by Crippen LogP contribution is 2.18. The molecule has 0 aromatic heterocycles. The van der Waals surface area contributed by atoms with E-state index < -0.39 is 17.7 Å². The Balaban J connectivity index is 2.39. The molecule has 5 nitrogen and oxygen atoms in total. The molecule has 0 bridgehead atoms. The Kier molecular flexibility index (Phi) is 4.99. The highest BCUT2D eigenvalue weighted by Gasteiger charge is 2.26. The first-order valence-electron chi connectivity index (χ1n) is 6.61. The Morgan fingerprint density at radius 1 is 1.33 bits per heavy atom. The van der Waals surface area contributed by atoms with Crippen molar-refractivity contribution in [2.24, 2.45) is 0 Å². The number of nitrogens with one attached hydrogen (secondary N) is 2. The van der Waals surface area contributed by atoms with Crippen molar-refractivity contribution in [3.63, 3.8) is 0 Å². The van der Waals surface area contributed by atoms with E-state index in [-0.39, 0.29) is 11.9 Å². The average molecular weight is 256 g/mol. The molecular weight excluding hydrogens is 232 g/mol. The van der Waals surface area contributed by atoms with Crippen molar-refractivity contribution >= 4 is 12.0 Å². The van der Waals surface area contributed by atoms with Gasteiger partial charge in [0.1, 0.15) is 11.6 Å². The van der Waals surface area contributed by atoms with E-state index in [0.29, 0.717) is 6.42 Å². The third-order valence-electron chi connectivity index (χ3n) is 2.87. The molecule has 0 spiro atoms. The number of alkyl carbamates (subject to hydrolysis) is 1. The highest BCUT2D eigenvalue weighted by molar-refractivity contribution is 5.85. The molecule has 1 fully saturated rings. The Bertz CT molecular complexity index is 306. The summed E-state index contributed by atoms with van der Waals surface area (Å²) in [6.45, 7) is 7.24. The fourth-order valence-electron chi connectivity index (χ4n) is 1.66. The quantitative estimate of drug-likeness (QED) is 0.808. The van der Waals surface area contributed by atoms with Gasteiger partial charge in [-0.1, -0.05) is 6.92 Å². The molecule has 1 aliphatic carbocycles. The van der Waals surface area contributed by atoms with Crippen LogP contribution in [-0.4, -0.2) is 29.7 Å². The van der Waals surface area contributed by atoms with Crippen molar-refractivity contribution in [3.05, 3.63) is 0 Å². The van der Waals surface area contributed by atoms with Crippen LogP contribution in [0, 0.1) is 0 Å². The molecule has 0 aliphatic heterocycles. The number of carbonyl (C=O) groups is 2. The first-order chi connectivity index (χ1) is 8.31. The van der Waals surface area contributed by atoms with E-state index >= 15 is 0 Å². The van der Waals surface area contributed by atoms with Gasteiger partial charge in [-0.2, -0.15) is 0 Å². The minimum absolute atomic E-state index is 0.118. The van der Waals surface area contributed by atoms with Crippen molar-refractivity contribution in [2.45, 2.75) is 71.1 Å². The van der Waals surface area contributed by atoms with E-state index in [1.807, 2.05) is 6.92 Å². The molecule has 0 saturated heterocycles. The van der Waals surface area contributed by atoms with Gasteiger partial charge in [0.05, 0.1) is 0 Å². The maximum atomic E-state index is 11.9. The number of hydrogen-bond donors (Lipinski definition) is 2. The molecule has 5 heteroatoms. The maximum Gasteiger partial charge on any atom is 0.408 e. The van der Waals surface area contributed by atoms with Gasteiger partial charge in [-0.05, 0) is 46.5 Å². The molecule has 1 rings (SSSR count). The van der Waals surface area contributed by atoms with E-state index in [9.17, 15) is 9.59 Å². The number of ether oxygens (including phenoxy) is 1. The van der Waals surface area contributed by atoms with E-state index in [1.165, 1.54) is 6.42 Å². The second kappa shape index (κ2) is 6.07. The van der Waals surface area contributed by atoms with Crippen molar-refractivity contribution in [2.75, 3.05) is 0 Å². The number of amides is 2. The second-order valence-electron chi connectivity index (χ2n) is 5.74. The summed E-state index contributed by atoms with van der Waals surface area (Å²) in [4.78, 5) is 23.5. The number of carbonyl (C=O) groups excluding carboxylic acids is 2. The van der Waals surface area contributed by atoms with E-state index in [0.717, 1.165) is 12.8 Å². The van der Waals surface area contributed by atoms with Gasteiger partial charge in [0.15, 0.2) is 0 Å². The van der Waals surface area contributed by atoms with Gasteiger partial charge in [-0.25, -0.2) is 4.79 Å². The largest absolute Gasteiger partial charge is 0.444 e. The molecule has 2 amide bonds. The number of hydrogen-bond acceptors (Lipinski definition) is 3. The van der Waals surface area contributed by atoms with Crippen LogP contribution in [-0.2, 0) is 9.53 Å². The van der Waals surface area contributed by atoms with E-state index in [4.69, 9.17) is 4.74 Å². The van der Waals surface area contributed by atoms with Crippen molar-refractivity contribution in [1.29, 1.82) is 0 Å². The molecule has 1 atom stereocenters. The third-order valence-corrected chi connectivity index (χ3v) is 2.87. The Morgan fingerprint density at radius 3 is 2.33 bits per heavy atom. The van der Waals surface area contributed by atoms with Crippen LogP contribution in [0.5, 0.6) is 0 Å². The molecular formula is C13H24N2O3. The van der Waals surface area contributed by atoms with Crippen LogP contribution in [0.2, 0.25) is 0 Å². The Morgan fingerprint density at radius 2 is 1.94 bits per heavy atom. The van der Waals surface area contributed by atoms with Crippen LogP contribution < -0.4 is 10.6 Å². The van der Waals surface area contributed by atoms with Crippen molar-refractivity contribution < 1.29 is 14.3 Å². The maximum absolute atomic E-state index is 11.9. The summed E-state index contributed by atoms with van der Waals surface area (Å²) >= 11 is 0. The van der Waals surface area contributed by atoms with Crippen LogP contribution in [0.1, 0.15) is 53.4 Å². The van der Waals surface area contributed by atoms with Crippen LogP contribution in [0.15, 0.2) is 0 Å². The SMILES string of the molecule is CCC(NC(=O)OC(C)(C)C)C(=O)NC1CCC1. The molecule has 1 aliphatic rings. The second-order valence-corrected chi connectivity index (χ2v) is 5.74. The minimum atomic E-state index is -0.549. The summed E-state index contributed by atoms with van der Waals surface area (Å²) in [7, 11) is 0.